The van der Waals surface area contributed by atoms with E-state index in [1.165, 1.54) is 4.70 Å². The van der Waals surface area contributed by atoms with E-state index in [1.807, 2.05) is 41.8 Å². The van der Waals surface area contributed by atoms with Crippen molar-refractivity contribution in [2.75, 3.05) is 39.3 Å². The Morgan fingerprint density at radius 1 is 1.30 bits per heavy atom. The lowest BCUT2D eigenvalue weighted by Gasteiger charge is -2.33. The number of carbonyl (C=O) groups excluding carboxylic acids is 2. The number of aromatic nitrogens is 1. The number of hydrogen-bond donors (Lipinski definition) is 1. The fourth-order valence-corrected chi connectivity index (χ4v) is 4.59. The predicted molar refractivity (Wildman–Crippen MR) is 109 cm³/mol. The van der Waals surface area contributed by atoms with Crippen LogP contribution in [0.2, 0.25) is 0 Å². The minimum absolute atomic E-state index is 0.0295. The van der Waals surface area contributed by atoms with Crippen LogP contribution in [-0.4, -0.2) is 65.9 Å². The molecule has 1 aromatic carbocycles. The van der Waals surface area contributed by atoms with Gasteiger partial charge in [0.05, 0.1) is 28.3 Å². The molecule has 7 heteroatoms. The van der Waals surface area contributed by atoms with E-state index in [1.54, 1.807) is 11.3 Å². The number of carbonyl (C=O) groups is 2. The quantitative estimate of drug-likeness (QED) is 0.791. The van der Waals surface area contributed by atoms with E-state index in [4.69, 9.17) is 4.98 Å². The summed E-state index contributed by atoms with van der Waals surface area (Å²) in [5, 5.41) is 3.92. The number of likely N-dealkylation sites (N-methyl/N-ethyl adjacent to an activating group) is 2. The first kappa shape index (κ1) is 19.8. The summed E-state index contributed by atoms with van der Waals surface area (Å²) in [7, 11) is 0. The molecule has 2 aromatic rings. The van der Waals surface area contributed by atoms with Gasteiger partial charge >= 0.3 is 0 Å². The van der Waals surface area contributed by atoms with E-state index in [9.17, 15) is 9.59 Å². The Hall–Kier alpha value is -1.99. The summed E-state index contributed by atoms with van der Waals surface area (Å²) >= 11 is 1.74. The van der Waals surface area contributed by atoms with Crippen molar-refractivity contribution in [2.24, 2.45) is 0 Å². The number of para-hydroxylation sites is 1. The van der Waals surface area contributed by atoms with E-state index in [2.05, 4.69) is 11.4 Å². The monoisotopic (exact) mass is 388 g/mol. The van der Waals surface area contributed by atoms with Gasteiger partial charge in [0.15, 0.2) is 0 Å². The van der Waals surface area contributed by atoms with Gasteiger partial charge in [-0.05, 0) is 38.4 Å². The van der Waals surface area contributed by atoms with Crippen LogP contribution in [0.15, 0.2) is 24.3 Å². The first-order chi connectivity index (χ1) is 13.1. The molecule has 27 heavy (non-hydrogen) atoms. The second kappa shape index (κ2) is 9.28. The Balaban J connectivity index is 1.61. The molecule has 1 fully saturated rings. The third-order valence-electron chi connectivity index (χ3n) is 4.98. The molecule has 2 amide bonds. The first-order valence-electron chi connectivity index (χ1n) is 9.73. The number of fused-ring (bicyclic) bond motifs is 1. The number of benzene rings is 1. The van der Waals surface area contributed by atoms with Crippen molar-refractivity contribution in [3.8, 4) is 0 Å². The van der Waals surface area contributed by atoms with Crippen LogP contribution in [0.5, 0.6) is 0 Å². The summed E-state index contributed by atoms with van der Waals surface area (Å²) in [6.07, 6.45) is 2.06. The van der Waals surface area contributed by atoms with E-state index >= 15 is 0 Å². The molecule has 0 radical (unpaired) electrons. The average molecular weight is 389 g/mol. The minimum atomic E-state index is -0.0295. The molecule has 1 aliphatic rings. The zero-order chi connectivity index (χ0) is 19.2. The zero-order valence-electron chi connectivity index (χ0n) is 16.1. The molecule has 146 valence electrons. The predicted octanol–water partition coefficient (Wildman–Crippen LogP) is 2.46. The van der Waals surface area contributed by atoms with Crippen molar-refractivity contribution in [3.05, 3.63) is 29.3 Å². The molecule has 0 aliphatic carbocycles. The van der Waals surface area contributed by atoms with Crippen LogP contribution in [-0.2, 0) is 9.59 Å². The van der Waals surface area contributed by atoms with Crippen LogP contribution in [0.3, 0.4) is 0 Å². The number of thiazole rings is 1. The lowest BCUT2D eigenvalue weighted by Crippen LogP contribution is -2.46. The number of nitrogens with zero attached hydrogens (tertiary/aromatic N) is 3. The molecular formula is C20H28N4O2S. The Morgan fingerprint density at radius 3 is 2.85 bits per heavy atom. The summed E-state index contributed by atoms with van der Waals surface area (Å²) in [5.41, 5.74) is 1.04. The number of rotatable bonds is 7. The summed E-state index contributed by atoms with van der Waals surface area (Å²) in [6, 6.07) is 8.19. The summed E-state index contributed by atoms with van der Waals surface area (Å²) < 4.78 is 1.20. The SMILES string of the molecule is CCNC(=O)CN(CC)CC(=O)N1CCC[C@@H](c2nc3ccccc3s2)C1. The van der Waals surface area contributed by atoms with Crippen LogP contribution in [0, 0.1) is 0 Å². The molecule has 0 spiro atoms. The van der Waals surface area contributed by atoms with Crippen molar-refractivity contribution in [3.63, 3.8) is 0 Å². The van der Waals surface area contributed by atoms with Gasteiger partial charge in [-0.2, -0.15) is 0 Å². The highest BCUT2D eigenvalue weighted by Gasteiger charge is 2.27. The Labute approximate surface area is 164 Å². The third kappa shape index (κ3) is 5.05. The van der Waals surface area contributed by atoms with Crippen LogP contribution in [0.1, 0.15) is 37.6 Å². The molecule has 0 saturated carbocycles. The average Bonchev–Trinajstić information content (AvgIpc) is 3.12. The minimum Gasteiger partial charge on any atom is -0.355 e. The standard InChI is InChI=1S/C20H28N4O2S/c1-3-21-18(25)13-23(4-2)14-19(26)24-11-7-8-15(12-24)20-22-16-9-5-6-10-17(16)27-20/h5-6,9-10,15H,3-4,7-8,11-14H2,1-2H3,(H,21,25)/t15-/m1/s1. The van der Waals surface area contributed by atoms with Gasteiger partial charge in [-0.25, -0.2) is 4.98 Å². The topological polar surface area (TPSA) is 65.5 Å². The molecule has 0 unspecified atom stereocenters. The third-order valence-corrected chi connectivity index (χ3v) is 6.18. The zero-order valence-corrected chi connectivity index (χ0v) is 16.9. The molecule has 1 aromatic heterocycles. The van der Waals surface area contributed by atoms with Crippen molar-refractivity contribution in [1.82, 2.24) is 20.1 Å². The van der Waals surface area contributed by atoms with Crippen molar-refractivity contribution in [1.29, 1.82) is 0 Å². The number of hydrogen-bond acceptors (Lipinski definition) is 5. The van der Waals surface area contributed by atoms with E-state index in [-0.39, 0.29) is 18.4 Å². The Kier molecular flexibility index (Phi) is 6.79. The number of piperidine rings is 1. The highest BCUT2D eigenvalue weighted by Crippen LogP contribution is 2.32. The lowest BCUT2D eigenvalue weighted by atomic mass is 9.98. The molecule has 1 saturated heterocycles. The van der Waals surface area contributed by atoms with Gasteiger partial charge in [0.25, 0.3) is 0 Å². The van der Waals surface area contributed by atoms with Gasteiger partial charge in [-0.15, -0.1) is 11.3 Å². The van der Waals surface area contributed by atoms with Crippen LogP contribution in [0.4, 0.5) is 0 Å². The second-order valence-electron chi connectivity index (χ2n) is 6.96. The smallest absolute Gasteiger partial charge is 0.236 e. The number of amides is 2. The van der Waals surface area contributed by atoms with Gasteiger partial charge in [0, 0.05) is 25.6 Å². The fourth-order valence-electron chi connectivity index (χ4n) is 3.50. The Morgan fingerprint density at radius 2 is 2.11 bits per heavy atom. The second-order valence-corrected chi connectivity index (χ2v) is 8.02. The number of likely N-dealkylation sites (tertiary alicyclic amines) is 1. The highest BCUT2D eigenvalue weighted by molar-refractivity contribution is 7.18. The van der Waals surface area contributed by atoms with E-state index < -0.39 is 0 Å². The van der Waals surface area contributed by atoms with Crippen molar-refractivity contribution < 1.29 is 9.59 Å². The van der Waals surface area contributed by atoms with Gasteiger partial charge in [0.2, 0.25) is 11.8 Å². The van der Waals surface area contributed by atoms with Crippen LogP contribution < -0.4 is 5.32 Å². The highest BCUT2D eigenvalue weighted by atomic mass is 32.1. The molecular weight excluding hydrogens is 360 g/mol. The van der Waals surface area contributed by atoms with Crippen LogP contribution in [0.25, 0.3) is 10.2 Å². The van der Waals surface area contributed by atoms with Crippen molar-refractivity contribution >= 4 is 33.4 Å². The molecule has 1 atom stereocenters. The maximum Gasteiger partial charge on any atom is 0.236 e. The number of nitrogens with one attached hydrogen (secondary N) is 1. The van der Waals surface area contributed by atoms with E-state index in [0.29, 0.717) is 25.6 Å². The summed E-state index contributed by atoms with van der Waals surface area (Å²) in [5.74, 6) is 0.378. The first-order valence-corrected chi connectivity index (χ1v) is 10.5. The summed E-state index contributed by atoms with van der Waals surface area (Å²) in [6.45, 7) is 7.24. The molecule has 2 heterocycles. The normalized spacial score (nSPS) is 17.4. The maximum absolute atomic E-state index is 12.8. The molecule has 1 aliphatic heterocycles. The van der Waals surface area contributed by atoms with Gasteiger partial charge < -0.3 is 10.2 Å². The van der Waals surface area contributed by atoms with E-state index in [0.717, 1.165) is 36.5 Å². The summed E-state index contributed by atoms with van der Waals surface area (Å²) in [4.78, 5) is 33.2. The molecule has 6 nitrogen and oxygen atoms in total. The Bertz CT molecular complexity index is 758. The maximum atomic E-state index is 12.8. The largest absolute Gasteiger partial charge is 0.355 e. The molecule has 0 bridgehead atoms. The van der Waals surface area contributed by atoms with Gasteiger partial charge in [-0.1, -0.05) is 19.1 Å². The molecule has 1 N–H and O–H groups in total. The van der Waals surface area contributed by atoms with Crippen LogP contribution >= 0.6 is 11.3 Å². The van der Waals surface area contributed by atoms with Crippen molar-refractivity contribution in [2.45, 2.75) is 32.6 Å². The fraction of sp³-hybridized carbons (Fsp3) is 0.550. The lowest BCUT2D eigenvalue weighted by molar-refractivity contribution is -0.134. The van der Waals surface area contributed by atoms with Gasteiger partial charge in [-0.3, -0.25) is 14.5 Å². The molecule has 3 rings (SSSR count). The van der Waals surface area contributed by atoms with Gasteiger partial charge in [0.1, 0.15) is 0 Å².